The number of amides is 2. The molecule has 31 heavy (non-hydrogen) atoms. The number of carbonyl (C=O) groups excluding carboxylic acids is 2. The molecule has 1 aliphatic rings. The van der Waals surface area contributed by atoms with Crippen LogP contribution in [0.1, 0.15) is 22.5 Å². The lowest BCUT2D eigenvalue weighted by Gasteiger charge is -2.22. The Kier molecular flexibility index (Phi) is 6.24. The molecule has 1 saturated heterocycles. The number of benzene rings is 1. The number of rotatable bonds is 5. The van der Waals surface area contributed by atoms with E-state index < -0.39 is 29.8 Å². The fourth-order valence-corrected chi connectivity index (χ4v) is 4.36. The molecule has 3 heterocycles. The first-order valence-electron chi connectivity index (χ1n) is 9.45. The first-order valence-corrected chi connectivity index (χ1v) is 10.7. The Hall–Kier alpha value is -2.91. The van der Waals surface area contributed by atoms with Crippen molar-refractivity contribution in [3.8, 4) is 10.6 Å². The van der Waals surface area contributed by atoms with Crippen molar-refractivity contribution < 1.29 is 18.4 Å². The molecule has 1 fully saturated rings. The molecule has 10 heteroatoms. The van der Waals surface area contributed by atoms with Gasteiger partial charge in [-0.2, -0.15) is 0 Å². The summed E-state index contributed by atoms with van der Waals surface area (Å²) in [4.78, 5) is 35.2. The standard InChI is InChI=1S/C21H17ClF2N4O2S/c22-15-5-1-3-12(18(15)24)9-26-19(29)17-7-14(23)10-28(17)21(30)16-11-31-20(27-16)13-4-2-6-25-8-13/h1-6,8,11,14,17H,7,9-10H2,(H,26,29). The number of nitrogens with one attached hydrogen (secondary N) is 1. The number of thiazole rings is 1. The van der Waals surface area contributed by atoms with Gasteiger partial charge in [0.2, 0.25) is 5.91 Å². The fraction of sp³-hybridized carbons (Fsp3) is 0.238. The largest absolute Gasteiger partial charge is 0.350 e. The maximum atomic E-state index is 14.1. The van der Waals surface area contributed by atoms with Gasteiger partial charge in [-0.1, -0.05) is 23.7 Å². The van der Waals surface area contributed by atoms with Crippen LogP contribution in [0.15, 0.2) is 48.1 Å². The van der Waals surface area contributed by atoms with E-state index in [4.69, 9.17) is 11.6 Å². The van der Waals surface area contributed by atoms with Gasteiger partial charge in [-0.05, 0) is 18.2 Å². The predicted octanol–water partition coefficient (Wildman–Crippen LogP) is 3.87. The average molecular weight is 463 g/mol. The second-order valence-corrected chi connectivity index (χ2v) is 8.28. The maximum absolute atomic E-state index is 14.1. The summed E-state index contributed by atoms with van der Waals surface area (Å²) >= 11 is 7.02. The van der Waals surface area contributed by atoms with Gasteiger partial charge < -0.3 is 10.2 Å². The van der Waals surface area contributed by atoms with Crippen LogP contribution in [0.5, 0.6) is 0 Å². The van der Waals surface area contributed by atoms with Crippen molar-refractivity contribution in [1.29, 1.82) is 0 Å². The van der Waals surface area contributed by atoms with E-state index in [1.165, 1.54) is 28.4 Å². The zero-order valence-corrected chi connectivity index (χ0v) is 17.7. The van der Waals surface area contributed by atoms with E-state index in [0.29, 0.717) is 5.01 Å². The van der Waals surface area contributed by atoms with Crippen LogP contribution < -0.4 is 5.32 Å². The van der Waals surface area contributed by atoms with Crippen LogP contribution in [0.4, 0.5) is 8.78 Å². The van der Waals surface area contributed by atoms with E-state index in [1.807, 2.05) is 6.07 Å². The van der Waals surface area contributed by atoms with Gasteiger partial charge in [0.05, 0.1) is 11.6 Å². The Labute approximate surface area is 185 Å². The summed E-state index contributed by atoms with van der Waals surface area (Å²) in [6, 6.07) is 7.03. The molecule has 3 aromatic rings. The minimum absolute atomic E-state index is 0.0544. The monoisotopic (exact) mass is 462 g/mol. The van der Waals surface area contributed by atoms with Crippen molar-refractivity contribution in [2.75, 3.05) is 6.54 Å². The molecule has 2 aromatic heterocycles. The summed E-state index contributed by atoms with van der Waals surface area (Å²) in [5.74, 6) is -1.71. The molecule has 4 rings (SSSR count). The van der Waals surface area contributed by atoms with Crippen LogP contribution >= 0.6 is 22.9 Å². The van der Waals surface area contributed by atoms with Crippen molar-refractivity contribution in [2.24, 2.45) is 0 Å². The van der Waals surface area contributed by atoms with E-state index in [0.717, 1.165) is 5.56 Å². The second kappa shape index (κ2) is 9.07. The zero-order chi connectivity index (χ0) is 22.0. The van der Waals surface area contributed by atoms with Crippen molar-refractivity contribution in [3.05, 3.63) is 70.2 Å². The molecule has 0 spiro atoms. The Bertz CT molecular complexity index is 1110. The van der Waals surface area contributed by atoms with Gasteiger partial charge in [0.1, 0.15) is 28.7 Å². The van der Waals surface area contributed by atoms with E-state index >= 15 is 0 Å². The normalized spacial score (nSPS) is 18.2. The third kappa shape index (κ3) is 4.57. The number of pyridine rings is 1. The quantitative estimate of drug-likeness (QED) is 0.624. The van der Waals surface area contributed by atoms with E-state index in [9.17, 15) is 18.4 Å². The highest BCUT2D eigenvalue weighted by atomic mass is 35.5. The third-order valence-electron chi connectivity index (χ3n) is 4.93. The highest BCUT2D eigenvalue weighted by molar-refractivity contribution is 7.13. The van der Waals surface area contributed by atoms with Crippen LogP contribution in [0.25, 0.3) is 10.6 Å². The van der Waals surface area contributed by atoms with Crippen LogP contribution in [0, 0.1) is 5.82 Å². The summed E-state index contributed by atoms with van der Waals surface area (Å²) < 4.78 is 28.2. The van der Waals surface area contributed by atoms with E-state index in [2.05, 4.69) is 15.3 Å². The second-order valence-electron chi connectivity index (χ2n) is 7.02. The third-order valence-corrected chi connectivity index (χ3v) is 6.11. The molecular formula is C21H17ClF2N4O2S. The molecule has 2 amide bonds. The topological polar surface area (TPSA) is 75.2 Å². The smallest absolute Gasteiger partial charge is 0.274 e. The lowest BCUT2D eigenvalue weighted by atomic mass is 10.1. The minimum atomic E-state index is -1.33. The highest BCUT2D eigenvalue weighted by Gasteiger charge is 2.40. The molecule has 2 atom stereocenters. The number of carbonyl (C=O) groups is 2. The van der Waals surface area contributed by atoms with Crippen LogP contribution in [0.3, 0.4) is 0 Å². The van der Waals surface area contributed by atoms with Crippen molar-refractivity contribution in [2.45, 2.75) is 25.2 Å². The van der Waals surface area contributed by atoms with Gasteiger partial charge in [-0.3, -0.25) is 14.6 Å². The fourth-order valence-electron chi connectivity index (χ4n) is 3.38. The molecule has 0 saturated carbocycles. The maximum Gasteiger partial charge on any atom is 0.274 e. The van der Waals surface area contributed by atoms with Gasteiger partial charge >= 0.3 is 0 Å². The predicted molar refractivity (Wildman–Crippen MR) is 113 cm³/mol. The van der Waals surface area contributed by atoms with Gasteiger partial charge in [-0.15, -0.1) is 11.3 Å². The number of likely N-dealkylation sites (tertiary alicyclic amines) is 1. The molecule has 6 nitrogen and oxygen atoms in total. The first kappa shape index (κ1) is 21.3. The van der Waals surface area contributed by atoms with E-state index in [1.54, 1.807) is 29.9 Å². The molecule has 160 valence electrons. The van der Waals surface area contributed by atoms with Gasteiger partial charge in [0.15, 0.2) is 0 Å². The van der Waals surface area contributed by atoms with Crippen molar-refractivity contribution in [1.82, 2.24) is 20.2 Å². The molecular weight excluding hydrogens is 446 g/mol. The van der Waals surface area contributed by atoms with Crippen LogP contribution in [0.2, 0.25) is 5.02 Å². The minimum Gasteiger partial charge on any atom is -0.350 e. The summed E-state index contributed by atoms with van der Waals surface area (Å²) in [6.45, 7) is -0.329. The lowest BCUT2D eigenvalue weighted by Crippen LogP contribution is -2.45. The van der Waals surface area contributed by atoms with Crippen LogP contribution in [-0.2, 0) is 11.3 Å². The van der Waals surface area contributed by atoms with Gasteiger partial charge in [0, 0.05) is 41.9 Å². The summed E-state index contributed by atoms with van der Waals surface area (Å²) in [5, 5.41) is 4.70. The average Bonchev–Trinajstić information content (AvgIpc) is 3.42. The number of alkyl halides is 1. The first-order chi connectivity index (χ1) is 14.9. The molecule has 0 radical (unpaired) electrons. The number of nitrogens with zero attached hydrogens (tertiary/aromatic N) is 3. The molecule has 1 aromatic carbocycles. The molecule has 1 N–H and O–H groups in total. The Morgan fingerprint density at radius 2 is 2.13 bits per heavy atom. The molecule has 1 aliphatic heterocycles. The molecule has 2 unspecified atom stereocenters. The van der Waals surface area contributed by atoms with Gasteiger partial charge in [-0.25, -0.2) is 13.8 Å². The number of hydrogen-bond donors (Lipinski definition) is 1. The van der Waals surface area contributed by atoms with Crippen molar-refractivity contribution >= 4 is 34.8 Å². The summed E-state index contributed by atoms with van der Waals surface area (Å²) in [7, 11) is 0. The number of hydrogen-bond acceptors (Lipinski definition) is 5. The number of halogens is 3. The van der Waals surface area contributed by atoms with Crippen LogP contribution in [-0.4, -0.2) is 45.4 Å². The van der Waals surface area contributed by atoms with Gasteiger partial charge in [0.25, 0.3) is 5.91 Å². The summed E-state index contributed by atoms with van der Waals surface area (Å²) in [6.07, 6.45) is 1.80. The Morgan fingerprint density at radius 3 is 2.90 bits per heavy atom. The Morgan fingerprint density at radius 1 is 1.29 bits per heavy atom. The molecule has 0 aliphatic carbocycles. The Balaban J connectivity index is 1.47. The molecule has 0 bridgehead atoms. The van der Waals surface area contributed by atoms with Crippen molar-refractivity contribution in [3.63, 3.8) is 0 Å². The number of aromatic nitrogens is 2. The lowest BCUT2D eigenvalue weighted by molar-refractivity contribution is -0.125. The zero-order valence-electron chi connectivity index (χ0n) is 16.1. The van der Waals surface area contributed by atoms with E-state index in [-0.39, 0.29) is 35.8 Å². The summed E-state index contributed by atoms with van der Waals surface area (Å²) in [5.41, 5.74) is 1.10. The highest BCUT2D eigenvalue weighted by Crippen LogP contribution is 2.27. The SMILES string of the molecule is O=C(NCc1cccc(Cl)c1F)C1CC(F)CN1C(=O)c1csc(-c2cccnc2)n1.